The van der Waals surface area contributed by atoms with Gasteiger partial charge in [-0.1, -0.05) is 153 Å². The summed E-state index contributed by atoms with van der Waals surface area (Å²) in [6.45, 7) is 3.64. The molecule has 2 rings (SSSR count). The highest BCUT2D eigenvalue weighted by Crippen LogP contribution is 2.26. The maximum Gasteiger partial charge on any atom is 0.306 e. The summed E-state index contributed by atoms with van der Waals surface area (Å²) in [6, 6.07) is 0. The number of allylic oxidation sites excluding steroid dienone is 6. The van der Waals surface area contributed by atoms with Crippen molar-refractivity contribution in [1.82, 2.24) is 0 Å². The number of carbonyl (C=O) groups excluding carboxylic acids is 1. The van der Waals surface area contributed by atoms with Crippen LogP contribution in [0.1, 0.15) is 194 Å². The summed E-state index contributed by atoms with van der Waals surface area (Å²) in [4.78, 5) is 13.0. The van der Waals surface area contributed by atoms with E-state index in [-0.39, 0.29) is 25.6 Å². The first-order chi connectivity index (χ1) is 32.6. The van der Waals surface area contributed by atoms with Crippen LogP contribution < -0.4 is 0 Å². The summed E-state index contributed by atoms with van der Waals surface area (Å²) >= 11 is 0. The van der Waals surface area contributed by atoms with Crippen molar-refractivity contribution in [3.63, 3.8) is 0 Å². The predicted octanol–water partition coefficient (Wildman–Crippen LogP) is 8.19. The minimum absolute atomic E-state index is 0.0550. The molecule has 0 amide bonds. The van der Waals surface area contributed by atoms with Crippen molar-refractivity contribution in [3.05, 3.63) is 36.5 Å². The van der Waals surface area contributed by atoms with Gasteiger partial charge in [0.1, 0.15) is 54.9 Å². The van der Waals surface area contributed by atoms with Crippen LogP contribution >= 0.6 is 0 Å². The Morgan fingerprint density at radius 2 is 0.925 bits per heavy atom. The smallest absolute Gasteiger partial charge is 0.306 e. The Kier molecular flexibility index (Phi) is 37.4. The Labute approximate surface area is 404 Å². The number of aliphatic hydroxyl groups excluding tert-OH is 7. The second-order valence-corrected chi connectivity index (χ2v) is 18.7. The van der Waals surface area contributed by atoms with Crippen molar-refractivity contribution < 1.29 is 69.0 Å². The molecule has 67 heavy (non-hydrogen) atoms. The van der Waals surface area contributed by atoms with Crippen molar-refractivity contribution in [2.24, 2.45) is 0 Å². The summed E-state index contributed by atoms with van der Waals surface area (Å²) in [5, 5.41) is 72.1. The Hall–Kier alpha value is -1.79. The molecule has 2 aliphatic heterocycles. The van der Waals surface area contributed by atoms with Crippen molar-refractivity contribution in [1.29, 1.82) is 0 Å². The van der Waals surface area contributed by atoms with Crippen LogP contribution in [0.15, 0.2) is 36.5 Å². The van der Waals surface area contributed by atoms with E-state index in [1.165, 1.54) is 96.3 Å². The zero-order chi connectivity index (χ0) is 48.7. The molecule has 2 fully saturated rings. The molecule has 0 radical (unpaired) electrons. The molecule has 0 spiro atoms. The number of ether oxygens (including phenoxy) is 6. The van der Waals surface area contributed by atoms with Gasteiger partial charge >= 0.3 is 5.97 Å². The largest absolute Gasteiger partial charge is 0.457 e. The maximum absolute atomic E-state index is 13.0. The number of hydrogen-bond acceptors (Lipinski definition) is 14. The third kappa shape index (κ3) is 28.6. The fraction of sp³-hybridized carbons (Fsp3) is 0.868. The normalized spacial score (nSPS) is 26.3. The number of unbranched alkanes of at least 4 members (excludes halogenated alkanes) is 22. The van der Waals surface area contributed by atoms with Gasteiger partial charge in [0.2, 0.25) is 0 Å². The van der Waals surface area contributed by atoms with E-state index in [4.69, 9.17) is 28.4 Å². The molecule has 2 heterocycles. The summed E-state index contributed by atoms with van der Waals surface area (Å²) in [7, 11) is 0. The Balaban J connectivity index is 1.76. The molecular formula is C53H96O14. The molecule has 0 aromatic heterocycles. The van der Waals surface area contributed by atoms with Gasteiger partial charge in [0.05, 0.1) is 26.4 Å². The molecule has 2 saturated heterocycles. The molecule has 7 N–H and O–H groups in total. The average molecular weight is 957 g/mol. The van der Waals surface area contributed by atoms with E-state index in [1.807, 2.05) is 0 Å². The topological polar surface area (TPSA) is 214 Å². The summed E-state index contributed by atoms with van der Waals surface area (Å²) < 4.78 is 34.3. The molecule has 0 saturated carbocycles. The zero-order valence-corrected chi connectivity index (χ0v) is 41.6. The molecule has 392 valence electrons. The van der Waals surface area contributed by atoms with Gasteiger partial charge in [-0.2, -0.15) is 0 Å². The van der Waals surface area contributed by atoms with Crippen LogP contribution in [0, 0.1) is 0 Å². The van der Waals surface area contributed by atoms with Crippen LogP contribution in [-0.2, 0) is 33.2 Å². The van der Waals surface area contributed by atoms with E-state index in [0.717, 1.165) is 70.6 Å². The van der Waals surface area contributed by atoms with Crippen LogP contribution in [0.2, 0.25) is 0 Å². The fourth-order valence-corrected chi connectivity index (χ4v) is 8.25. The number of hydrogen-bond donors (Lipinski definition) is 7. The Morgan fingerprint density at radius 3 is 1.46 bits per heavy atom. The SMILES string of the molecule is CCCCCC/C=C\C/C=C\CCCCCCCCCCOCC(COC1OC(COC2OC(CO)C(O)C(O)C2O)C(O)C(O)C1O)OC(=O)CCCCCCC/C=C\CCCCCCC. The van der Waals surface area contributed by atoms with E-state index in [0.29, 0.717) is 13.0 Å². The highest BCUT2D eigenvalue weighted by atomic mass is 16.7. The van der Waals surface area contributed by atoms with Crippen molar-refractivity contribution in [2.75, 3.05) is 33.0 Å². The van der Waals surface area contributed by atoms with Crippen molar-refractivity contribution in [2.45, 2.75) is 261 Å². The minimum atomic E-state index is -1.71. The molecule has 0 aromatic carbocycles. The summed E-state index contributed by atoms with van der Waals surface area (Å²) in [5.74, 6) is -0.387. The first-order valence-electron chi connectivity index (χ1n) is 26.6. The van der Waals surface area contributed by atoms with E-state index >= 15 is 0 Å². The molecule has 14 nitrogen and oxygen atoms in total. The van der Waals surface area contributed by atoms with E-state index in [1.54, 1.807) is 0 Å². The molecule has 0 aromatic rings. The van der Waals surface area contributed by atoms with Crippen LogP contribution in [0.4, 0.5) is 0 Å². The van der Waals surface area contributed by atoms with Crippen LogP contribution in [0.5, 0.6) is 0 Å². The van der Waals surface area contributed by atoms with Gasteiger partial charge in [0, 0.05) is 13.0 Å². The minimum Gasteiger partial charge on any atom is -0.457 e. The Morgan fingerprint density at radius 1 is 0.493 bits per heavy atom. The lowest BCUT2D eigenvalue weighted by atomic mass is 9.98. The van der Waals surface area contributed by atoms with Gasteiger partial charge in [0.15, 0.2) is 12.6 Å². The molecule has 11 atom stereocenters. The van der Waals surface area contributed by atoms with Crippen LogP contribution in [0.3, 0.4) is 0 Å². The van der Waals surface area contributed by atoms with Crippen LogP contribution in [-0.4, -0.2) is 142 Å². The van der Waals surface area contributed by atoms with Crippen LogP contribution in [0.25, 0.3) is 0 Å². The van der Waals surface area contributed by atoms with E-state index in [9.17, 15) is 40.5 Å². The van der Waals surface area contributed by atoms with E-state index < -0.39 is 80.7 Å². The van der Waals surface area contributed by atoms with Gasteiger partial charge in [-0.15, -0.1) is 0 Å². The summed E-state index contributed by atoms with van der Waals surface area (Å²) in [6.07, 6.45) is 29.1. The first kappa shape index (κ1) is 61.3. The zero-order valence-electron chi connectivity index (χ0n) is 41.6. The summed E-state index contributed by atoms with van der Waals surface area (Å²) in [5.41, 5.74) is 0. The lowest BCUT2D eigenvalue weighted by molar-refractivity contribution is -0.332. The third-order valence-corrected chi connectivity index (χ3v) is 12.6. The number of rotatable bonds is 42. The molecule has 14 heteroatoms. The standard InChI is InChI=1S/C53H96O14/c1-3-5-7-9-11-13-15-17-19-20-21-22-23-25-27-29-31-33-35-37-62-39-42(65-45(55)36-34-32-30-28-26-24-18-16-14-12-10-8-6-4-2)40-63-52-51(61)49(59)47(57)44(67-52)41-64-53-50(60)48(58)46(56)43(38-54)66-53/h13,15-16,18-20,42-44,46-54,56-61H,3-12,14,17,21-41H2,1-2H3/b15-13-,18-16-,20-19-. The highest BCUT2D eigenvalue weighted by molar-refractivity contribution is 5.69. The average Bonchev–Trinajstić information content (AvgIpc) is 3.32. The maximum atomic E-state index is 13.0. The number of carbonyl (C=O) groups is 1. The number of aliphatic hydroxyl groups is 7. The van der Waals surface area contributed by atoms with Gasteiger partial charge in [0.25, 0.3) is 0 Å². The molecule has 11 unspecified atom stereocenters. The molecule has 0 bridgehead atoms. The predicted molar refractivity (Wildman–Crippen MR) is 261 cm³/mol. The monoisotopic (exact) mass is 957 g/mol. The highest BCUT2D eigenvalue weighted by Gasteiger charge is 2.47. The van der Waals surface area contributed by atoms with Gasteiger partial charge in [-0.25, -0.2) is 0 Å². The Bertz CT molecular complexity index is 1250. The van der Waals surface area contributed by atoms with Crippen molar-refractivity contribution in [3.8, 4) is 0 Å². The molecule has 2 aliphatic rings. The second-order valence-electron chi connectivity index (χ2n) is 18.7. The molecular weight excluding hydrogens is 861 g/mol. The first-order valence-corrected chi connectivity index (χ1v) is 26.6. The fourth-order valence-electron chi connectivity index (χ4n) is 8.25. The van der Waals surface area contributed by atoms with Gasteiger partial charge in [-0.05, 0) is 70.6 Å². The molecule has 0 aliphatic carbocycles. The lowest BCUT2D eigenvalue weighted by Gasteiger charge is -2.42. The van der Waals surface area contributed by atoms with Gasteiger partial charge < -0.3 is 64.2 Å². The number of esters is 1. The third-order valence-electron chi connectivity index (χ3n) is 12.6. The quantitative estimate of drug-likeness (QED) is 0.0175. The van der Waals surface area contributed by atoms with Crippen molar-refractivity contribution >= 4 is 5.97 Å². The second kappa shape index (κ2) is 40.9. The van der Waals surface area contributed by atoms with E-state index in [2.05, 4.69) is 50.3 Å². The lowest BCUT2D eigenvalue weighted by Crippen LogP contribution is -2.61. The van der Waals surface area contributed by atoms with Gasteiger partial charge in [-0.3, -0.25) is 4.79 Å².